The molecule has 0 N–H and O–H groups in total. The van der Waals surface area contributed by atoms with Crippen molar-refractivity contribution in [2.75, 3.05) is 7.11 Å². The van der Waals surface area contributed by atoms with Crippen LogP contribution in [0.4, 0.5) is 0 Å². The van der Waals surface area contributed by atoms with Gasteiger partial charge in [-0.05, 0) is 6.92 Å². The van der Waals surface area contributed by atoms with Crippen LogP contribution < -0.4 is 0 Å². The SMILES string of the molecule is CCn1cc(C=O)c(COC)n1. The molecule has 1 aromatic rings. The highest BCUT2D eigenvalue weighted by atomic mass is 16.5. The van der Waals surface area contributed by atoms with E-state index in [9.17, 15) is 4.79 Å². The fraction of sp³-hybridized carbons (Fsp3) is 0.500. The van der Waals surface area contributed by atoms with E-state index in [0.717, 1.165) is 12.8 Å². The van der Waals surface area contributed by atoms with E-state index in [1.807, 2.05) is 6.92 Å². The molecule has 1 heterocycles. The normalized spacial score (nSPS) is 10.2. The number of aldehydes is 1. The Morgan fingerprint density at radius 2 is 2.50 bits per heavy atom. The van der Waals surface area contributed by atoms with Gasteiger partial charge in [-0.2, -0.15) is 5.10 Å². The Bertz CT molecular complexity index is 268. The summed E-state index contributed by atoms with van der Waals surface area (Å²) in [6, 6.07) is 0. The lowest BCUT2D eigenvalue weighted by Gasteiger charge is -1.93. The quantitative estimate of drug-likeness (QED) is 0.626. The van der Waals surface area contributed by atoms with Crippen LogP contribution in [-0.4, -0.2) is 23.2 Å². The lowest BCUT2D eigenvalue weighted by atomic mass is 10.3. The van der Waals surface area contributed by atoms with Crippen molar-refractivity contribution in [2.24, 2.45) is 0 Å². The highest BCUT2D eigenvalue weighted by Gasteiger charge is 2.05. The molecule has 0 saturated carbocycles. The molecule has 0 amide bonds. The summed E-state index contributed by atoms with van der Waals surface area (Å²) in [7, 11) is 1.58. The number of hydrogen-bond acceptors (Lipinski definition) is 3. The third-order valence-electron chi connectivity index (χ3n) is 1.60. The molecule has 0 saturated heterocycles. The number of rotatable bonds is 4. The summed E-state index contributed by atoms with van der Waals surface area (Å²) < 4.78 is 6.61. The molecule has 0 aliphatic heterocycles. The molecule has 1 rings (SSSR count). The summed E-state index contributed by atoms with van der Waals surface area (Å²) in [5.74, 6) is 0. The summed E-state index contributed by atoms with van der Waals surface area (Å²) in [5.41, 5.74) is 1.31. The van der Waals surface area contributed by atoms with Crippen LogP contribution in [0.25, 0.3) is 0 Å². The Morgan fingerprint density at radius 3 is 3.00 bits per heavy atom. The van der Waals surface area contributed by atoms with Gasteiger partial charge in [-0.15, -0.1) is 0 Å². The zero-order chi connectivity index (χ0) is 8.97. The minimum atomic E-state index is 0.390. The first-order chi connectivity index (χ1) is 5.81. The third kappa shape index (κ3) is 1.71. The highest BCUT2D eigenvalue weighted by Crippen LogP contribution is 2.04. The second-order valence-electron chi connectivity index (χ2n) is 2.44. The monoisotopic (exact) mass is 168 g/mol. The zero-order valence-corrected chi connectivity index (χ0v) is 7.28. The Morgan fingerprint density at radius 1 is 1.75 bits per heavy atom. The van der Waals surface area contributed by atoms with Crippen molar-refractivity contribution < 1.29 is 9.53 Å². The van der Waals surface area contributed by atoms with E-state index >= 15 is 0 Å². The molecule has 12 heavy (non-hydrogen) atoms. The predicted molar refractivity (Wildman–Crippen MR) is 44.0 cm³/mol. The first-order valence-corrected chi connectivity index (χ1v) is 3.82. The van der Waals surface area contributed by atoms with E-state index in [1.165, 1.54) is 0 Å². The second kappa shape index (κ2) is 4.01. The molecule has 0 aromatic carbocycles. The Kier molecular flexibility index (Phi) is 2.99. The number of nitrogens with zero attached hydrogens (tertiary/aromatic N) is 2. The largest absolute Gasteiger partial charge is 0.378 e. The standard InChI is InChI=1S/C8H12N2O2/c1-3-10-4-7(5-11)8(9-10)6-12-2/h4-5H,3,6H2,1-2H3. The van der Waals surface area contributed by atoms with Crippen LogP contribution >= 0.6 is 0 Å². The van der Waals surface area contributed by atoms with Crippen LogP contribution in [0, 0.1) is 0 Å². The second-order valence-corrected chi connectivity index (χ2v) is 2.44. The van der Waals surface area contributed by atoms with Crippen molar-refractivity contribution in [3.8, 4) is 0 Å². The van der Waals surface area contributed by atoms with Gasteiger partial charge in [0.15, 0.2) is 6.29 Å². The molecule has 0 radical (unpaired) electrons. The molecule has 0 spiro atoms. The molecule has 0 unspecified atom stereocenters. The fourth-order valence-corrected chi connectivity index (χ4v) is 0.986. The van der Waals surface area contributed by atoms with E-state index in [2.05, 4.69) is 5.10 Å². The van der Waals surface area contributed by atoms with Crippen LogP contribution in [0.1, 0.15) is 23.0 Å². The summed E-state index contributed by atoms with van der Waals surface area (Å²) in [6.45, 7) is 3.13. The Labute approximate surface area is 71.1 Å². The molecule has 0 aliphatic carbocycles. The maximum atomic E-state index is 10.5. The number of ether oxygens (including phenoxy) is 1. The average Bonchev–Trinajstić information content (AvgIpc) is 2.48. The van der Waals surface area contributed by atoms with Crippen LogP contribution in [0.2, 0.25) is 0 Å². The minimum absolute atomic E-state index is 0.390. The Hall–Kier alpha value is -1.16. The van der Waals surface area contributed by atoms with Crippen LogP contribution in [-0.2, 0) is 17.9 Å². The molecule has 4 heteroatoms. The molecule has 0 atom stereocenters. The van der Waals surface area contributed by atoms with Crippen LogP contribution in [0.15, 0.2) is 6.20 Å². The number of aryl methyl sites for hydroxylation is 1. The van der Waals surface area contributed by atoms with Gasteiger partial charge < -0.3 is 4.74 Å². The van der Waals surface area contributed by atoms with E-state index in [1.54, 1.807) is 18.0 Å². The van der Waals surface area contributed by atoms with E-state index in [-0.39, 0.29) is 0 Å². The molecular weight excluding hydrogens is 156 g/mol. The van der Waals surface area contributed by atoms with Crippen molar-refractivity contribution in [1.82, 2.24) is 9.78 Å². The maximum absolute atomic E-state index is 10.5. The lowest BCUT2D eigenvalue weighted by molar-refractivity contribution is 0.111. The summed E-state index contributed by atoms with van der Waals surface area (Å²) in [4.78, 5) is 10.5. The van der Waals surface area contributed by atoms with Gasteiger partial charge >= 0.3 is 0 Å². The van der Waals surface area contributed by atoms with Crippen molar-refractivity contribution >= 4 is 6.29 Å². The Balaban J connectivity index is 2.91. The molecule has 0 aliphatic rings. The van der Waals surface area contributed by atoms with Gasteiger partial charge in [0, 0.05) is 19.9 Å². The number of aromatic nitrogens is 2. The zero-order valence-electron chi connectivity index (χ0n) is 7.28. The number of carbonyl (C=O) groups excluding carboxylic acids is 1. The molecule has 1 aromatic heterocycles. The van der Waals surface area contributed by atoms with Gasteiger partial charge in [-0.1, -0.05) is 0 Å². The summed E-state index contributed by atoms with van der Waals surface area (Å²) in [6.07, 6.45) is 2.52. The van der Waals surface area contributed by atoms with Crippen LogP contribution in [0.3, 0.4) is 0 Å². The first-order valence-electron chi connectivity index (χ1n) is 3.82. The topological polar surface area (TPSA) is 44.1 Å². The van der Waals surface area contributed by atoms with E-state index in [4.69, 9.17) is 4.74 Å². The van der Waals surface area contributed by atoms with Gasteiger partial charge in [0.25, 0.3) is 0 Å². The molecular formula is C8H12N2O2. The van der Waals surface area contributed by atoms with Crippen molar-refractivity contribution in [3.05, 3.63) is 17.5 Å². The van der Waals surface area contributed by atoms with E-state index < -0.39 is 0 Å². The van der Waals surface area contributed by atoms with E-state index in [0.29, 0.717) is 17.9 Å². The third-order valence-corrected chi connectivity index (χ3v) is 1.60. The van der Waals surface area contributed by atoms with Gasteiger partial charge in [0.2, 0.25) is 0 Å². The van der Waals surface area contributed by atoms with Gasteiger partial charge in [-0.25, -0.2) is 0 Å². The van der Waals surface area contributed by atoms with Gasteiger partial charge in [-0.3, -0.25) is 9.48 Å². The van der Waals surface area contributed by atoms with Gasteiger partial charge in [0.1, 0.15) is 0 Å². The summed E-state index contributed by atoms with van der Waals surface area (Å²) >= 11 is 0. The smallest absolute Gasteiger partial charge is 0.153 e. The minimum Gasteiger partial charge on any atom is -0.378 e. The van der Waals surface area contributed by atoms with Crippen LogP contribution in [0.5, 0.6) is 0 Å². The molecule has 66 valence electrons. The first kappa shape index (κ1) is 8.93. The molecule has 4 nitrogen and oxygen atoms in total. The fourth-order valence-electron chi connectivity index (χ4n) is 0.986. The predicted octanol–water partition coefficient (Wildman–Crippen LogP) is 0.862. The average molecular weight is 168 g/mol. The lowest BCUT2D eigenvalue weighted by Crippen LogP contribution is -1.96. The van der Waals surface area contributed by atoms with Crippen molar-refractivity contribution in [2.45, 2.75) is 20.1 Å². The maximum Gasteiger partial charge on any atom is 0.153 e. The number of methoxy groups -OCH3 is 1. The molecule has 0 bridgehead atoms. The molecule has 0 fully saturated rings. The summed E-state index contributed by atoms with van der Waals surface area (Å²) in [5, 5.41) is 4.15. The number of carbonyl (C=O) groups is 1. The number of hydrogen-bond donors (Lipinski definition) is 0. The van der Waals surface area contributed by atoms with Crippen molar-refractivity contribution in [1.29, 1.82) is 0 Å². The highest BCUT2D eigenvalue weighted by molar-refractivity contribution is 5.75. The van der Waals surface area contributed by atoms with Crippen molar-refractivity contribution in [3.63, 3.8) is 0 Å². The van der Waals surface area contributed by atoms with Gasteiger partial charge in [0.05, 0.1) is 17.9 Å².